The molecule has 1 N–H and O–H groups in total. The number of rotatable bonds is 2. The lowest BCUT2D eigenvalue weighted by Gasteiger charge is -2.31. The second-order valence-corrected chi connectivity index (χ2v) is 6.53. The zero-order valence-electron chi connectivity index (χ0n) is 14.7. The van der Waals surface area contributed by atoms with E-state index in [4.69, 9.17) is 10.1 Å². The number of fused-ring (bicyclic) bond motifs is 3. The van der Waals surface area contributed by atoms with E-state index in [-0.39, 0.29) is 28.5 Å². The van der Waals surface area contributed by atoms with Crippen LogP contribution < -0.4 is 10.3 Å². The van der Waals surface area contributed by atoms with Crippen molar-refractivity contribution in [2.75, 3.05) is 0 Å². The lowest BCUT2D eigenvalue weighted by atomic mass is 9.79. The molecule has 1 aromatic heterocycles. The summed E-state index contributed by atoms with van der Waals surface area (Å²) in [6.07, 6.45) is 0. The van der Waals surface area contributed by atoms with Crippen molar-refractivity contribution in [2.24, 2.45) is 13.0 Å². The van der Waals surface area contributed by atoms with Crippen LogP contribution in [0.2, 0.25) is 0 Å². The summed E-state index contributed by atoms with van der Waals surface area (Å²) in [5, 5.41) is 29.7. The highest BCUT2D eigenvalue weighted by molar-refractivity contribution is 5.94. The van der Waals surface area contributed by atoms with Gasteiger partial charge in [0.25, 0.3) is 11.2 Å². The molecule has 0 saturated carbocycles. The quantitative estimate of drug-likeness (QED) is 0.545. The maximum atomic E-state index is 13.2. The molecule has 8 nitrogen and oxygen atoms in total. The van der Waals surface area contributed by atoms with Crippen LogP contribution >= 0.6 is 0 Å². The molecule has 0 spiro atoms. The number of para-hydroxylation sites is 1. The van der Waals surface area contributed by atoms with Crippen LogP contribution in [-0.4, -0.2) is 15.4 Å². The van der Waals surface area contributed by atoms with Crippen LogP contribution in [0.5, 0.6) is 5.75 Å². The highest BCUT2D eigenvalue weighted by Gasteiger charge is 2.40. The summed E-state index contributed by atoms with van der Waals surface area (Å²) in [4.78, 5) is 23.8. The van der Waals surface area contributed by atoms with Gasteiger partial charge in [-0.2, -0.15) is 5.26 Å². The summed E-state index contributed by atoms with van der Waals surface area (Å²) in [5.41, 5.74) is 0.767. The number of ether oxygens (including phenoxy) is 1. The fourth-order valence-corrected chi connectivity index (χ4v) is 3.69. The van der Waals surface area contributed by atoms with Crippen molar-refractivity contribution < 1.29 is 9.66 Å². The molecule has 2 atom stereocenters. The average Bonchev–Trinajstić information content (AvgIpc) is 2.71. The fraction of sp³-hybridized carbons (Fsp3) is 0.150. The zero-order chi connectivity index (χ0) is 20.0. The SMILES string of the molecule is Cn1c(=O)c2c(c3ccccc31)OC(=N)C(C#N)C2c1cccc([N+](=O)[O-])c1. The van der Waals surface area contributed by atoms with E-state index in [9.17, 15) is 20.2 Å². The number of nitro benzene ring substituents is 1. The summed E-state index contributed by atoms with van der Waals surface area (Å²) in [6.45, 7) is 0. The molecular formula is C20H14N4O4. The minimum Gasteiger partial charge on any atom is -0.441 e. The molecule has 28 heavy (non-hydrogen) atoms. The Morgan fingerprint density at radius 2 is 2.00 bits per heavy atom. The first-order valence-electron chi connectivity index (χ1n) is 8.46. The summed E-state index contributed by atoms with van der Waals surface area (Å²) in [7, 11) is 1.62. The summed E-state index contributed by atoms with van der Waals surface area (Å²) >= 11 is 0. The Balaban J connectivity index is 2.09. The van der Waals surface area contributed by atoms with Crippen LogP contribution in [0.4, 0.5) is 5.69 Å². The van der Waals surface area contributed by atoms with E-state index in [2.05, 4.69) is 0 Å². The topological polar surface area (TPSA) is 122 Å². The first-order chi connectivity index (χ1) is 13.4. The lowest BCUT2D eigenvalue weighted by molar-refractivity contribution is -0.384. The van der Waals surface area contributed by atoms with Gasteiger partial charge in [0, 0.05) is 30.5 Å². The van der Waals surface area contributed by atoms with Crippen LogP contribution in [0.3, 0.4) is 0 Å². The van der Waals surface area contributed by atoms with Gasteiger partial charge in [-0.1, -0.05) is 24.3 Å². The third-order valence-corrected chi connectivity index (χ3v) is 5.01. The summed E-state index contributed by atoms with van der Waals surface area (Å²) in [5.74, 6) is -1.97. The molecule has 0 aliphatic carbocycles. The summed E-state index contributed by atoms with van der Waals surface area (Å²) in [6, 6.07) is 15.0. The van der Waals surface area contributed by atoms with Crippen molar-refractivity contribution in [3.63, 3.8) is 0 Å². The minimum absolute atomic E-state index is 0.147. The van der Waals surface area contributed by atoms with Crippen molar-refractivity contribution in [1.29, 1.82) is 10.7 Å². The second kappa shape index (κ2) is 6.32. The van der Waals surface area contributed by atoms with Gasteiger partial charge in [0.15, 0.2) is 0 Å². The first kappa shape index (κ1) is 17.4. The van der Waals surface area contributed by atoms with Gasteiger partial charge in [-0.05, 0) is 17.7 Å². The molecule has 0 radical (unpaired) electrons. The van der Waals surface area contributed by atoms with Gasteiger partial charge < -0.3 is 9.30 Å². The van der Waals surface area contributed by atoms with E-state index in [1.165, 1.54) is 22.8 Å². The molecule has 4 rings (SSSR count). The molecule has 0 fully saturated rings. The molecule has 2 unspecified atom stereocenters. The van der Waals surface area contributed by atoms with E-state index in [0.29, 0.717) is 16.5 Å². The Kier molecular flexibility index (Phi) is 3.93. The van der Waals surface area contributed by atoms with E-state index in [0.717, 1.165) is 0 Å². The van der Waals surface area contributed by atoms with Gasteiger partial charge >= 0.3 is 0 Å². The Morgan fingerprint density at radius 1 is 1.25 bits per heavy atom. The molecule has 1 aliphatic heterocycles. The third kappa shape index (κ3) is 2.45. The molecule has 0 saturated heterocycles. The largest absolute Gasteiger partial charge is 0.441 e. The molecule has 2 aromatic carbocycles. The number of nitro groups is 1. The number of aromatic nitrogens is 1. The number of hydrogen-bond donors (Lipinski definition) is 1. The van der Waals surface area contributed by atoms with E-state index < -0.39 is 16.8 Å². The van der Waals surface area contributed by atoms with Crippen molar-refractivity contribution in [3.05, 3.63) is 80.1 Å². The number of nitriles is 1. The number of pyridine rings is 1. The molecule has 0 amide bonds. The van der Waals surface area contributed by atoms with E-state index in [1.807, 2.05) is 6.07 Å². The molecule has 1 aliphatic rings. The van der Waals surface area contributed by atoms with Gasteiger partial charge in [-0.25, -0.2) is 0 Å². The number of aryl methyl sites for hydroxylation is 1. The number of hydrogen-bond acceptors (Lipinski definition) is 6. The Hall–Kier alpha value is -3.99. The molecule has 138 valence electrons. The monoisotopic (exact) mass is 374 g/mol. The third-order valence-electron chi connectivity index (χ3n) is 5.01. The van der Waals surface area contributed by atoms with Gasteiger partial charge in [0.1, 0.15) is 11.7 Å². The highest BCUT2D eigenvalue weighted by Crippen LogP contribution is 2.43. The van der Waals surface area contributed by atoms with Crippen LogP contribution in [-0.2, 0) is 7.05 Å². The van der Waals surface area contributed by atoms with Gasteiger partial charge in [0.2, 0.25) is 5.90 Å². The Morgan fingerprint density at radius 3 is 2.71 bits per heavy atom. The van der Waals surface area contributed by atoms with E-state index >= 15 is 0 Å². The van der Waals surface area contributed by atoms with Crippen LogP contribution in [0.15, 0.2) is 53.3 Å². The van der Waals surface area contributed by atoms with Gasteiger partial charge in [-0.15, -0.1) is 0 Å². The Labute approximate surface area is 158 Å². The lowest BCUT2D eigenvalue weighted by Crippen LogP contribution is -2.37. The van der Waals surface area contributed by atoms with Crippen LogP contribution in [0.1, 0.15) is 17.0 Å². The molecular weight excluding hydrogens is 360 g/mol. The minimum atomic E-state index is -1.07. The maximum absolute atomic E-state index is 13.2. The normalized spacial score (nSPS) is 18.2. The first-order valence-corrected chi connectivity index (χ1v) is 8.46. The number of benzene rings is 2. The van der Waals surface area contributed by atoms with Gasteiger partial charge in [0.05, 0.1) is 22.1 Å². The molecule has 0 bridgehead atoms. The predicted octanol–water partition coefficient (Wildman–Crippen LogP) is 3.09. The highest BCUT2D eigenvalue weighted by atomic mass is 16.6. The van der Waals surface area contributed by atoms with Crippen molar-refractivity contribution in [3.8, 4) is 11.8 Å². The van der Waals surface area contributed by atoms with E-state index in [1.54, 1.807) is 37.4 Å². The number of nitrogens with one attached hydrogen (secondary N) is 1. The van der Waals surface area contributed by atoms with Crippen LogP contribution in [0, 0.1) is 32.8 Å². The van der Waals surface area contributed by atoms with Crippen molar-refractivity contribution in [1.82, 2.24) is 4.57 Å². The maximum Gasteiger partial charge on any atom is 0.269 e. The number of non-ortho nitro benzene ring substituents is 1. The average molecular weight is 374 g/mol. The number of nitrogens with zero attached hydrogens (tertiary/aromatic N) is 3. The molecule has 3 aromatic rings. The smallest absolute Gasteiger partial charge is 0.269 e. The van der Waals surface area contributed by atoms with Crippen LogP contribution in [0.25, 0.3) is 10.9 Å². The predicted molar refractivity (Wildman–Crippen MR) is 102 cm³/mol. The zero-order valence-corrected chi connectivity index (χ0v) is 14.7. The van der Waals surface area contributed by atoms with Crippen molar-refractivity contribution in [2.45, 2.75) is 5.92 Å². The standard InChI is InChI=1S/C20H14N4O4/c1-23-15-8-3-2-7-13(15)18-17(20(23)25)16(14(10-21)19(22)28-18)11-5-4-6-12(9-11)24(26)27/h2-9,14,16,22H,1H3. The van der Waals surface area contributed by atoms with Gasteiger partial charge in [-0.3, -0.25) is 20.3 Å². The molecule has 8 heteroatoms. The summed E-state index contributed by atoms with van der Waals surface area (Å²) < 4.78 is 7.09. The van der Waals surface area contributed by atoms with Crippen molar-refractivity contribution >= 4 is 22.5 Å². The second-order valence-electron chi connectivity index (χ2n) is 6.53. The molecule has 2 heterocycles. The Bertz CT molecular complexity index is 1260. The fourth-order valence-electron chi connectivity index (χ4n) is 3.69.